The van der Waals surface area contributed by atoms with Gasteiger partial charge in [-0.05, 0) is 33.9 Å². The lowest BCUT2D eigenvalue weighted by molar-refractivity contribution is -0.139. The van der Waals surface area contributed by atoms with Gasteiger partial charge in [0, 0.05) is 18.7 Å². The Kier molecular flexibility index (Phi) is 6.35. The third kappa shape index (κ3) is 4.84. The highest BCUT2D eigenvalue weighted by atomic mass is 19.4. The molecule has 1 aromatic heterocycles. The molecule has 3 aromatic rings. The predicted molar refractivity (Wildman–Crippen MR) is 118 cm³/mol. The van der Waals surface area contributed by atoms with Crippen molar-refractivity contribution < 1.29 is 27.4 Å². The van der Waals surface area contributed by atoms with Crippen LogP contribution in [0.3, 0.4) is 0 Å². The first-order chi connectivity index (χ1) is 15.9. The van der Waals surface area contributed by atoms with Gasteiger partial charge in [0.05, 0.1) is 7.11 Å². The van der Waals surface area contributed by atoms with Crippen LogP contribution in [-0.4, -0.2) is 31.3 Å². The maximum Gasteiger partial charge on any atom is 0.421 e. The third-order valence-electron chi connectivity index (χ3n) is 5.39. The highest BCUT2D eigenvalue weighted by Gasteiger charge is 2.35. The average molecular weight is 454 g/mol. The smallest absolute Gasteiger partial charge is 0.421 e. The quantitative estimate of drug-likeness (QED) is 0.522. The molecule has 0 aliphatic heterocycles. The summed E-state index contributed by atoms with van der Waals surface area (Å²) in [5.41, 5.74) is 3.76. The number of hydrogen-bond donors (Lipinski definition) is 1. The van der Waals surface area contributed by atoms with Crippen molar-refractivity contribution in [1.29, 1.82) is 0 Å². The number of rotatable bonds is 6. The van der Waals surface area contributed by atoms with Crippen molar-refractivity contribution in [1.82, 2.24) is 10.3 Å². The van der Waals surface area contributed by atoms with Crippen molar-refractivity contribution in [2.75, 3.05) is 20.3 Å². The zero-order valence-electron chi connectivity index (χ0n) is 17.7. The molecule has 0 bridgehead atoms. The average Bonchev–Trinajstić information content (AvgIpc) is 3.13. The van der Waals surface area contributed by atoms with Crippen molar-refractivity contribution in [3.8, 4) is 17.0 Å². The molecule has 0 fully saturated rings. The van der Waals surface area contributed by atoms with Gasteiger partial charge in [-0.2, -0.15) is 13.2 Å². The van der Waals surface area contributed by atoms with E-state index in [2.05, 4.69) is 27.2 Å². The number of carbonyl (C=O) groups excluding carboxylic acids is 1. The molecular formula is C25H21F3N2O3. The van der Waals surface area contributed by atoms with Crippen LogP contribution in [-0.2, 0) is 10.9 Å². The Bertz CT molecular complexity index is 1150. The minimum Gasteiger partial charge on any atom is -0.481 e. The number of halogens is 3. The minimum absolute atomic E-state index is 0.0511. The lowest BCUT2D eigenvalue weighted by Gasteiger charge is -2.14. The van der Waals surface area contributed by atoms with E-state index in [1.165, 1.54) is 18.3 Å². The van der Waals surface area contributed by atoms with Gasteiger partial charge in [-0.15, -0.1) is 0 Å². The van der Waals surface area contributed by atoms with Crippen LogP contribution in [0.1, 0.15) is 28.2 Å². The van der Waals surface area contributed by atoms with Crippen LogP contribution in [0.15, 0.2) is 66.9 Å². The van der Waals surface area contributed by atoms with Gasteiger partial charge in [-0.3, -0.25) is 0 Å². The molecular weight excluding hydrogens is 433 g/mol. The number of benzene rings is 2. The Morgan fingerprint density at radius 1 is 1.09 bits per heavy atom. The standard InChI is InChI=1S/C25H21F3N2O3/c1-32-23-22(25(26,27)28)13-16(14-30-23)7-6-12-29-24(31)33-15-21-19-10-4-2-8-17(19)18-9-3-5-11-20(18)21/h2-11,13-14,21H,12,15H2,1H3,(H,29,31). The Labute approximate surface area is 188 Å². The number of hydrogen-bond acceptors (Lipinski definition) is 4. The summed E-state index contributed by atoms with van der Waals surface area (Å²) in [5.74, 6) is -0.540. The Morgan fingerprint density at radius 3 is 2.33 bits per heavy atom. The van der Waals surface area contributed by atoms with Crippen LogP contribution >= 0.6 is 0 Å². The lowest BCUT2D eigenvalue weighted by atomic mass is 9.98. The summed E-state index contributed by atoms with van der Waals surface area (Å²) < 4.78 is 49.4. The van der Waals surface area contributed by atoms with E-state index in [-0.39, 0.29) is 24.6 Å². The monoisotopic (exact) mass is 454 g/mol. The SMILES string of the molecule is COc1ncc(C=CCNC(=O)OCC2c3ccccc3-c3ccccc32)cc1C(F)(F)F. The summed E-state index contributed by atoms with van der Waals surface area (Å²) in [7, 11) is 1.13. The molecule has 1 aliphatic rings. The number of fused-ring (bicyclic) bond motifs is 3. The van der Waals surface area contributed by atoms with Gasteiger partial charge in [0.15, 0.2) is 0 Å². The van der Waals surface area contributed by atoms with E-state index in [4.69, 9.17) is 4.74 Å². The molecule has 0 saturated carbocycles. The van der Waals surface area contributed by atoms with E-state index in [1.54, 1.807) is 0 Å². The third-order valence-corrected chi connectivity index (χ3v) is 5.39. The number of ether oxygens (including phenoxy) is 2. The number of alkyl carbamates (subject to hydrolysis) is 1. The maximum absolute atomic E-state index is 13.1. The van der Waals surface area contributed by atoms with E-state index in [0.29, 0.717) is 0 Å². The molecule has 1 amide bonds. The molecule has 0 spiro atoms. The number of nitrogens with zero attached hydrogens (tertiary/aromatic N) is 1. The highest BCUT2D eigenvalue weighted by Crippen LogP contribution is 2.44. The number of methoxy groups -OCH3 is 1. The molecule has 33 heavy (non-hydrogen) atoms. The largest absolute Gasteiger partial charge is 0.481 e. The van der Waals surface area contributed by atoms with Crippen molar-refractivity contribution in [2.24, 2.45) is 0 Å². The van der Waals surface area contributed by atoms with Gasteiger partial charge >= 0.3 is 12.3 Å². The van der Waals surface area contributed by atoms with E-state index >= 15 is 0 Å². The molecule has 0 unspecified atom stereocenters. The maximum atomic E-state index is 13.1. The first-order valence-electron chi connectivity index (χ1n) is 10.2. The number of nitrogens with one attached hydrogen (secondary N) is 1. The predicted octanol–water partition coefficient (Wildman–Crippen LogP) is 5.66. The number of pyridine rings is 1. The van der Waals surface area contributed by atoms with Gasteiger partial charge in [0.2, 0.25) is 5.88 Å². The fraction of sp³-hybridized carbons (Fsp3) is 0.200. The van der Waals surface area contributed by atoms with Gasteiger partial charge in [0.1, 0.15) is 12.2 Å². The molecule has 170 valence electrons. The molecule has 1 heterocycles. The lowest BCUT2D eigenvalue weighted by Crippen LogP contribution is -2.26. The fourth-order valence-corrected chi connectivity index (χ4v) is 3.91. The first-order valence-corrected chi connectivity index (χ1v) is 10.2. The normalized spacial score (nSPS) is 13.0. The number of alkyl halides is 3. The zero-order chi connectivity index (χ0) is 23.4. The molecule has 0 radical (unpaired) electrons. The summed E-state index contributed by atoms with van der Waals surface area (Å²) in [6.07, 6.45) is -0.971. The van der Waals surface area contributed by atoms with Gasteiger partial charge in [-0.1, -0.05) is 60.7 Å². The number of amides is 1. The number of carbonyl (C=O) groups is 1. The van der Waals surface area contributed by atoms with Crippen molar-refractivity contribution in [3.05, 3.63) is 89.1 Å². The summed E-state index contributed by atoms with van der Waals surface area (Å²) in [4.78, 5) is 15.8. The van der Waals surface area contributed by atoms with Gasteiger partial charge < -0.3 is 14.8 Å². The van der Waals surface area contributed by atoms with Crippen LogP contribution < -0.4 is 10.1 Å². The molecule has 2 aromatic carbocycles. The van der Waals surface area contributed by atoms with Crippen LogP contribution in [0.2, 0.25) is 0 Å². The van der Waals surface area contributed by atoms with E-state index < -0.39 is 23.7 Å². The summed E-state index contributed by atoms with van der Waals surface area (Å²) >= 11 is 0. The van der Waals surface area contributed by atoms with E-state index in [9.17, 15) is 18.0 Å². The van der Waals surface area contributed by atoms with E-state index in [0.717, 1.165) is 35.4 Å². The highest BCUT2D eigenvalue weighted by molar-refractivity contribution is 5.79. The van der Waals surface area contributed by atoms with Crippen molar-refractivity contribution in [3.63, 3.8) is 0 Å². The Balaban J connectivity index is 1.33. The van der Waals surface area contributed by atoms with E-state index in [1.807, 2.05) is 36.4 Å². The summed E-state index contributed by atoms with van der Waals surface area (Å²) in [5, 5.41) is 2.58. The second-order valence-corrected chi connectivity index (χ2v) is 7.43. The summed E-state index contributed by atoms with van der Waals surface area (Å²) in [6, 6.07) is 17.0. The molecule has 5 nitrogen and oxygen atoms in total. The fourth-order valence-electron chi connectivity index (χ4n) is 3.91. The van der Waals surface area contributed by atoms with Crippen LogP contribution in [0, 0.1) is 0 Å². The Morgan fingerprint density at radius 2 is 1.73 bits per heavy atom. The second kappa shape index (κ2) is 9.36. The topological polar surface area (TPSA) is 60.5 Å². The molecule has 0 atom stereocenters. The first kappa shape index (κ1) is 22.4. The molecule has 4 rings (SSSR count). The molecule has 8 heteroatoms. The number of aromatic nitrogens is 1. The van der Waals surface area contributed by atoms with Crippen molar-refractivity contribution in [2.45, 2.75) is 12.1 Å². The Hall–Kier alpha value is -3.81. The van der Waals surface area contributed by atoms with Crippen LogP contribution in [0.25, 0.3) is 17.2 Å². The molecule has 1 N–H and O–H groups in total. The van der Waals surface area contributed by atoms with Crippen LogP contribution in [0.5, 0.6) is 5.88 Å². The molecule has 0 saturated heterocycles. The van der Waals surface area contributed by atoms with Gasteiger partial charge in [0.25, 0.3) is 0 Å². The second-order valence-electron chi connectivity index (χ2n) is 7.43. The zero-order valence-corrected chi connectivity index (χ0v) is 17.7. The van der Waals surface area contributed by atoms with Crippen LogP contribution in [0.4, 0.5) is 18.0 Å². The summed E-state index contributed by atoms with van der Waals surface area (Å²) in [6.45, 7) is 0.269. The molecule has 1 aliphatic carbocycles. The van der Waals surface area contributed by atoms with Gasteiger partial charge in [-0.25, -0.2) is 9.78 Å². The minimum atomic E-state index is -4.58. The van der Waals surface area contributed by atoms with Crippen molar-refractivity contribution >= 4 is 12.2 Å².